The van der Waals surface area contributed by atoms with Crippen molar-refractivity contribution in [3.8, 4) is 5.75 Å². The predicted molar refractivity (Wildman–Crippen MR) is 123 cm³/mol. The highest BCUT2D eigenvalue weighted by Gasteiger charge is 2.32. The van der Waals surface area contributed by atoms with E-state index in [0.29, 0.717) is 42.6 Å². The second-order valence-corrected chi connectivity index (χ2v) is 9.33. The topological polar surface area (TPSA) is 76.2 Å². The first-order valence-corrected chi connectivity index (χ1v) is 11.6. The van der Waals surface area contributed by atoms with Crippen LogP contribution < -0.4 is 4.74 Å². The third kappa shape index (κ3) is 6.17. The van der Waals surface area contributed by atoms with Crippen LogP contribution in [-0.4, -0.2) is 66.8 Å². The van der Waals surface area contributed by atoms with E-state index in [1.165, 1.54) is 23.2 Å². The minimum atomic E-state index is -0.332. The van der Waals surface area contributed by atoms with Gasteiger partial charge in [-0.3, -0.25) is 14.4 Å². The van der Waals surface area contributed by atoms with E-state index in [2.05, 4.69) is 13.8 Å². The number of benzene rings is 1. The summed E-state index contributed by atoms with van der Waals surface area (Å²) in [5.41, 5.74) is 1.38. The summed E-state index contributed by atoms with van der Waals surface area (Å²) >= 11 is 1.24. The van der Waals surface area contributed by atoms with Gasteiger partial charge < -0.3 is 19.3 Å². The number of ketones is 1. The van der Waals surface area contributed by atoms with Crippen LogP contribution in [0, 0.1) is 5.92 Å². The molecule has 0 spiro atoms. The molecule has 1 fully saturated rings. The Kier molecular flexibility index (Phi) is 8.04. The molecule has 1 saturated heterocycles. The van der Waals surface area contributed by atoms with Crippen LogP contribution in [0.25, 0.3) is 0 Å². The second-order valence-electron chi connectivity index (χ2n) is 8.42. The molecule has 172 valence electrons. The van der Waals surface area contributed by atoms with Crippen LogP contribution in [0.1, 0.15) is 46.4 Å². The van der Waals surface area contributed by atoms with Crippen LogP contribution in [0.3, 0.4) is 0 Å². The number of amides is 2. The third-order valence-electron chi connectivity index (χ3n) is 5.21. The molecule has 0 N–H and O–H groups in total. The fourth-order valence-corrected chi connectivity index (χ4v) is 4.43. The monoisotopic (exact) mass is 458 g/mol. The van der Waals surface area contributed by atoms with Gasteiger partial charge in [0, 0.05) is 25.0 Å². The van der Waals surface area contributed by atoms with Crippen LogP contribution in [0.2, 0.25) is 0 Å². The summed E-state index contributed by atoms with van der Waals surface area (Å²) < 4.78 is 11.4. The number of hydrogen-bond acceptors (Lipinski definition) is 6. The summed E-state index contributed by atoms with van der Waals surface area (Å²) in [7, 11) is 1.62. The molecule has 1 atom stereocenters. The van der Waals surface area contributed by atoms with Gasteiger partial charge in [0.15, 0.2) is 5.78 Å². The van der Waals surface area contributed by atoms with Crippen LogP contribution in [-0.2, 0) is 16.1 Å². The van der Waals surface area contributed by atoms with Crippen LogP contribution in [0.4, 0.5) is 0 Å². The lowest BCUT2D eigenvalue weighted by Crippen LogP contribution is -2.40. The maximum absolute atomic E-state index is 13.1. The van der Waals surface area contributed by atoms with Gasteiger partial charge >= 0.3 is 0 Å². The standard InChI is InChI=1S/C24H30N2O5S/c1-16(2)10-25-11-21(31-14-18-6-5-7-20(8-18)30-4)12-26(13-23(25)28)24(29)19-9-22(17(3)27)32-15-19/h5-9,15-16,21H,10-14H2,1-4H3/t21-/m0/s1. The lowest BCUT2D eigenvalue weighted by molar-refractivity contribution is -0.132. The van der Waals surface area contributed by atoms with E-state index < -0.39 is 0 Å². The van der Waals surface area contributed by atoms with Gasteiger partial charge in [-0.2, -0.15) is 0 Å². The molecular weight excluding hydrogens is 428 g/mol. The number of ether oxygens (including phenoxy) is 2. The van der Waals surface area contributed by atoms with Gasteiger partial charge in [-0.15, -0.1) is 11.3 Å². The fraction of sp³-hybridized carbons (Fsp3) is 0.458. The Bertz CT molecular complexity index is 971. The molecule has 1 aromatic carbocycles. The van der Waals surface area contributed by atoms with Gasteiger partial charge in [-0.25, -0.2) is 0 Å². The number of thiophene rings is 1. The molecule has 0 bridgehead atoms. The fourth-order valence-electron chi connectivity index (χ4n) is 3.65. The van der Waals surface area contributed by atoms with Crippen molar-refractivity contribution in [2.45, 2.75) is 33.5 Å². The molecule has 8 heteroatoms. The Hall–Kier alpha value is -2.71. The van der Waals surface area contributed by atoms with Crippen LogP contribution in [0.5, 0.6) is 5.75 Å². The largest absolute Gasteiger partial charge is 0.497 e. The highest BCUT2D eigenvalue weighted by Crippen LogP contribution is 2.20. The summed E-state index contributed by atoms with van der Waals surface area (Å²) in [6, 6.07) is 9.23. The normalized spacial score (nSPS) is 16.9. The molecule has 1 aliphatic rings. The Morgan fingerprint density at radius 1 is 1.22 bits per heavy atom. The van der Waals surface area contributed by atoms with Crippen molar-refractivity contribution < 1.29 is 23.9 Å². The first-order valence-electron chi connectivity index (χ1n) is 10.7. The smallest absolute Gasteiger partial charge is 0.255 e. The Balaban J connectivity index is 1.77. The number of Topliss-reactive ketones (excluding diaryl/α,β-unsaturated/α-hetero) is 1. The van der Waals surface area contributed by atoms with E-state index in [0.717, 1.165) is 11.3 Å². The minimum Gasteiger partial charge on any atom is -0.497 e. The van der Waals surface area contributed by atoms with Crippen molar-refractivity contribution in [2.75, 3.05) is 33.3 Å². The maximum atomic E-state index is 13.1. The molecule has 0 unspecified atom stereocenters. The van der Waals surface area contributed by atoms with Gasteiger partial charge in [-0.05, 0) is 36.6 Å². The third-order valence-corrected chi connectivity index (χ3v) is 6.24. The zero-order valence-corrected chi connectivity index (χ0v) is 19.8. The number of hydrogen-bond donors (Lipinski definition) is 0. The van der Waals surface area contributed by atoms with Gasteiger partial charge in [0.2, 0.25) is 5.91 Å². The van der Waals surface area contributed by atoms with Crippen molar-refractivity contribution in [1.29, 1.82) is 0 Å². The number of carbonyl (C=O) groups is 3. The first-order chi connectivity index (χ1) is 15.3. The molecule has 7 nitrogen and oxygen atoms in total. The number of methoxy groups -OCH3 is 1. The Morgan fingerprint density at radius 3 is 2.66 bits per heavy atom. The van der Waals surface area contributed by atoms with Gasteiger partial charge in [0.05, 0.1) is 30.3 Å². The van der Waals surface area contributed by atoms with Crippen molar-refractivity contribution in [3.63, 3.8) is 0 Å². The van der Waals surface area contributed by atoms with Crippen molar-refractivity contribution in [2.24, 2.45) is 5.92 Å². The Labute approximate surface area is 192 Å². The molecule has 2 amide bonds. The first kappa shape index (κ1) is 23.9. The molecule has 2 heterocycles. The molecular formula is C24H30N2O5S. The molecule has 0 aliphatic carbocycles. The lowest BCUT2D eigenvalue weighted by atomic mass is 10.2. The second kappa shape index (κ2) is 10.7. The number of carbonyl (C=O) groups excluding carboxylic acids is 3. The lowest BCUT2D eigenvalue weighted by Gasteiger charge is -2.26. The van der Waals surface area contributed by atoms with Gasteiger partial charge in [0.25, 0.3) is 5.91 Å². The van der Waals surface area contributed by atoms with E-state index in [9.17, 15) is 14.4 Å². The SMILES string of the molecule is COc1cccc(CO[C@H]2CN(CC(C)C)C(=O)CN(C(=O)c3csc(C(C)=O)c3)C2)c1. The number of rotatable bonds is 8. The summed E-state index contributed by atoms with van der Waals surface area (Å²) in [5, 5.41) is 1.67. The zero-order chi connectivity index (χ0) is 23.3. The summed E-state index contributed by atoms with van der Waals surface area (Å²) in [5.74, 6) is 0.614. The molecule has 1 aliphatic heterocycles. The van der Waals surface area contributed by atoms with E-state index in [-0.39, 0.29) is 30.2 Å². The van der Waals surface area contributed by atoms with Crippen molar-refractivity contribution in [1.82, 2.24) is 9.80 Å². The quantitative estimate of drug-likeness (QED) is 0.566. The minimum absolute atomic E-state index is 0.00414. The van der Waals surface area contributed by atoms with Crippen LogP contribution >= 0.6 is 11.3 Å². The highest BCUT2D eigenvalue weighted by molar-refractivity contribution is 7.12. The highest BCUT2D eigenvalue weighted by atomic mass is 32.1. The van der Waals surface area contributed by atoms with Crippen molar-refractivity contribution in [3.05, 3.63) is 51.7 Å². The molecule has 0 radical (unpaired) electrons. The van der Waals surface area contributed by atoms with Gasteiger partial charge in [0.1, 0.15) is 12.3 Å². The summed E-state index contributed by atoms with van der Waals surface area (Å²) in [4.78, 5) is 41.5. The average Bonchev–Trinajstić information content (AvgIpc) is 3.20. The maximum Gasteiger partial charge on any atom is 0.255 e. The van der Waals surface area contributed by atoms with E-state index in [1.54, 1.807) is 23.5 Å². The Morgan fingerprint density at radius 2 is 2.00 bits per heavy atom. The molecule has 1 aromatic heterocycles. The van der Waals surface area contributed by atoms with Gasteiger partial charge in [-0.1, -0.05) is 26.0 Å². The predicted octanol–water partition coefficient (Wildman–Crippen LogP) is 3.49. The molecule has 32 heavy (non-hydrogen) atoms. The van der Waals surface area contributed by atoms with E-state index in [4.69, 9.17) is 9.47 Å². The summed E-state index contributed by atoms with van der Waals surface area (Å²) in [6.45, 7) is 7.26. The number of nitrogens with zero attached hydrogens (tertiary/aromatic N) is 2. The average molecular weight is 459 g/mol. The summed E-state index contributed by atoms with van der Waals surface area (Å²) in [6.07, 6.45) is -0.332. The van der Waals surface area contributed by atoms with E-state index >= 15 is 0 Å². The van der Waals surface area contributed by atoms with E-state index in [1.807, 2.05) is 24.3 Å². The zero-order valence-electron chi connectivity index (χ0n) is 19.0. The van der Waals surface area contributed by atoms with Crippen LogP contribution in [0.15, 0.2) is 35.7 Å². The molecule has 0 saturated carbocycles. The van der Waals surface area contributed by atoms with Crippen molar-refractivity contribution >= 4 is 28.9 Å². The molecule has 2 aromatic rings. The molecule has 3 rings (SSSR count).